The number of nitrogens with zero attached hydrogens (tertiary/aromatic N) is 1. The lowest BCUT2D eigenvalue weighted by Gasteiger charge is -2.15. The van der Waals surface area contributed by atoms with Gasteiger partial charge in [0, 0.05) is 31.9 Å². The van der Waals surface area contributed by atoms with Gasteiger partial charge in [-0.3, -0.25) is 9.79 Å². The van der Waals surface area contributed by atoms with Crippen molar-refractivity contribution in [1.29, 1.82) is 0 Å². The van der Waals surface area contributed by atoms with Crippen LogP contribution in [0.25, 0.3) is 0 Å². The second kappa shape index (κ2) is 10.8. The fourth-order valence-corrected chi connectivity index (χ4v) is 2.44. The number of benzene rings is 2. The summed E-state index contributed by atoms with van der Waals surface area (Å²) in [6.45, 7) is 3.14. The highest BCUT2D eigenvalue weighted by Crippen LogP contribution is 2.30. The van der Waals surface area contributed by atoms with Crippen LogP contribution >= 0.6 is 0 Å². The average molecular weight is 388 g/mol. The van der Waals surface area contributed by atoms with E-state index in [2.05, 4.69) is 20.9 Å². The fourth-order valence-electron chi connectivity index (χ4n) is 2.44. The standard InChI is InChI=1S/C20H25FN4O3/c1-4-28-18-13-14(9-10-17(18)27-3)25-20(22-2)24-12-11-23-19(26)15-7-5-6-8-16(15)21/h5-10,13H,4,11-12H2,1-3H3,(H,23,26)(H2,22,24,25). The van der Waals surface area contributed by atoms with Crippen molar-refractivity contribution < 1.29 is 18.7 Å². The minimum atomic E-state index is -0.546. The number of guanidine groups is 1. The van der Waals surface area contributed by atoms with Gasteiger partial charge in [-0.15, -0.1) is 0 Å². The number of halogens is 1. The first-order valence-corrected chi connectivity index (χ1v) is 8.90. The summed E-state index contributed by atoms with van der Waals surface area (Å²) in [7, 11) is 3.22. The number of ether oxygens (including phenoxy) is 2. The Morgan fingerprint density at radius 1 is 1.11 bits per heavy atom. The van der Waals surface area contributed by atoms with Gasteiger partial charge in [-0.1, -0.05) is 12.1 Å². The third-order valence-electron chi connectivity index (χ3n) is 3.77. The molecule has 0 radical (unpaired) electrons. The summed E-state index contributed by atoms with van der Waals surface area (Å²) in [6, 6.07) is 11.3. The molecule has 0 fully saturated rings. The van der Waals surface area contributed by atoms with Crippen LogP contribution in [0.4, 0.5) is 10.1 Å². The first kappa shape index (κ1) is 21.0. The number of hydrogen-bond donors (Lipinski definition) is 3. The van der Waals surface area contributed by atoms with Crippen molar-refractivity contribution in [3.63, 3.8) is 0 Å². The molecule has 0 unspecified atom stereocenters. The zero-order chi connectivity index (χ0) is 20.4. The highest BCUT2D eigenvalue weighted by Gasteiger charge is 2.10. The third-order valence-corrected chi connectivity index (χ3v) is 3.77. The van der Waals surface area contributed by atoms with Crippen LogP contribution in [0.3, 0.4) is 0 Å². The molecule has 8 heteroatoms. The first-order chi connectivity index (χ1) is 13.6. The van der Waals surface area contributed by atoms with Crippen molar-refractivity contribution in [2.45, 2.75) is 6.92 Å². The second-order valence-corrected chi connectivity index (χ2v) is 5.66. The van der Waals surface area contributed by atoms with Crippen molar-refractivity contribution in [2.75, 3.05) is 39.2 Å². The Hall–Kier alpha value is -3.29. The van der Waals surface area contributed by atoms with E-state index in [4.69, 9.17) is 9.47 Å². The SMILES string of the molecule is CCOc1cc(NC(=NC)NCCNC(=O)c2ccccc2F)ccc1OC. The lowest BCUT2D eigenvalue weighted by atomic mass is 10.2. The van der Waals surface area contributed by atoms with Gasteiger partial charge in [0.2, 0.25) is 0 Å². The van der Waals surface area contributed by atoms with E-state index in [0.717, 1.165) is 5.69 Å². The number of rotatable bonds is 8. The maximum atomic E-state index is 13.6. The van der Waals surface area contributed by atoms with Gasteiger partial charge < -0.3 is 25.4 Å². The lowest BCUT2D eigenvalue weighted by Crippen LogP contribution is -2.38. The highest BCUT2D eigenvalue weighted by molar-refractivity contribution is 5.95. The highest BCUT2D eigenvalue weighted by atomic mass is 19.1. The smallest absolute Gasteiger partial charge is 0.254 e. The summed E-state index contributed by atoms with van der Waals surface area (Å²) >= 11 is 0. The minimum absolute atomic E-state index is 0.0201. The van der Waals surface area contributed by atoms with Crippen molar-refractivity contribution in [1.82, 2.24) is 10.6 Å². The molecule has 0 heterocycles. The minimum Gasteiger partial charge on any atom is -0.493 e. The first-order valence-electron chi connectivity index (χ1n) is 8.90. The van der Waals surface area contributed by atoms with E-state index in [9.17, 15) is 9.18 Å². The molecule has 0 aliphatic carbocycles. The topological polar surface area (TPSA) is 84.0 Å². The van der Waals surface area contributed by atoms with Crippen molar-refractivity contribution in [2.24, 2.45) is 4.99 Å². The molecule has 0 aliphatic heterocycles. The number of hydrogen-bond acceptors (Lipinski definition) is 4. The van der Waals surface area contributed by atoms with Crippen LogP contribution < -0.4 is 25.4 Å². The van der Waals surface area contributed by atoms with E-state index < -0.39 is 11.7 Å². The summed E-state index contributed by atoms with van der Waals surface area (Å²) < 4.78 is 24.4. The van der Waals surface area contributed by atoms with Crippen molar-refractivity contribution in [3.8, 4) is 11.5 Å². The normalized spacial score (nSPS) is 10.9. The van der Waals surface area contributed by atoms with Crippen LogP contribution in [0.15, 0.2) is 47.5 Å². The Labute approximate surface area is 164 Å². The molecule has 2 aromatic carbocycles. The Kier molecular flexibility index (Phi) is 8.08. The van der Waals surface area contributed by atoms with Gasteiger partial charge in [0.15, 0.2) is 17.5 Å². The molecule has 0 bridgehead atoms. The molecule has 0 aliphatic rings. The molecule has 1 amide bonds. The van der Waals surface area contributed by atoms with Crippen molar-refractivity contribution >= 4 is 17.6 Å². The van der Waals surface area contributed by atoms with Gasteiger partial charge >= 0.3 is 0 Å². The summed E-state index contributed by atoms with van der Waals surface area (Å²) in [4.78, 5) is 16.1. The second-order valence-electron chi connectivity index (χ2n) is 5.66. The number of aliphatic imine (C=N–C) groups is 1. The monoisotopic (exact) mass is 388 g/mol. The van der Waals surface area contributed by atoms with Crippen LogP contribution in [-0.4, -0.2) is 45.7 Å². The lowest BCUT2D eigenvalue weighted by molar-refractivity contribution is 0.0950. The third kappa shape index (κ3) is 5.87. The van der Waals surface area contributed by atoms with Crippen LogP contribution in [0, 0.1) is 5.82 Å². The van der Waals surface area contributed by atoms with E-state index >= 15 is 0 Å². The van der Waals surface area contributed by atoms with Gasteiger partial charge in [0.1, 0.15) is 5.82 Å². The zero-order valence-electron chi connectivity index (χ0n) is 16.2. The molecule has 28 heavy (non-hydrogen) atoms. The quantitative estimate of drug-likeness (QED) is 0.368. The summed E-state index contributed by atoms with van der Waals surface area (Å²) in [5.74, 6) is 0.788. The Morgan fingerprint density at radius 3 is 2.54 bits per heavy atom. The molecule has 7 nitrogen and oxygen atoms in total. The molecule has 0 saturated carbocycles. The number of anilines is 1. The van der Waals surface area contributed by atoms with E-state index in [1.54, 1.807) is 32.4 Å². The van der Waals surface area contributed by atoms with E-state index in [-0.39, 0.29) is 5.56 Å². The Bertz CT molecular complexity index is 827. The van der Waals surface area contributed by atoms with Crippen LogP contribution in [0.5, 0.6) is 11.5 Å². The van der Waals surface area contributed by atoms with Gasteiger partial charge in [0.05, 0.1) is 19.3 Å². The molecular formula is C20H25FN4O3. The number of nitrogens with one attached hydrogen (secondary N) is 3. The molecule has 0 spiro atoms. The van der Waals surface area contributed by atoms with Crippen molar-refractivity contribution in [3.05, 3.63) is 53.8 Å². The molecule has 0 saturated heterocycles. The van der Waals surface area contributed by atoms with Gasteiger partial charge in [-0.2, -0.15) is 0 Å². The maximum Gasteiger partial charge on any atom is 0.254 e. The molecule has 0 aromatic heterocycles. The van der Waals surface area contributed by atoms with Crippen LogP contribution in [0.1, 0.15) is 17.3 Å². The Balaban J connectivity index is 1.85. The Morgan fingerprint density at radius 2 is 1.86 bits per heavy atom. The van der Waals surface area contributed by atoms with Gasteiger partial charge in [-0.25, -0.2) is 4.39 Å². The zero-order valence-corrected chi connectivity index (χ0v) is 16.2. The predicted octanol–water partition coefficient (Wildman–Crippen LogP) is 2.65. The van der Waals surface area contributed by atoms with Gasteiger partial charge in [-0.05, 0) is 31.2 Å². The molecule has 2 aromatic rings. The summed E-state index contributed by atoms with van der Waals surface area (Å²) in [5.41, 5.74) is 0.791. The largest absolute Gasteiger partial charge is 0.493 e. The van der Waals surface area contributed by atoms with Gasteiger partial charge in [0.25, 0.3) is 5.91 Å². The summed E-state index contributed by atoms with van der Waals surface area (Å²) in [6.07, 6.45) is 0. The molecular weight excluding hydrogens is 363 g/mol. The van der Waals surface area contributed by atoms with E-state index in [0.29, 0.717) is 37.2 Å². The number of carbonyl (C=O) groups is 1. The molecule has 3 N–H and O–H groups in total. The average Bonchev–Trinajstić information content (AvgIpc) is 2.71. The van der Waals surface area contributed by atoms with E-state index in [1.807, 2.05) is 19.1 Å². The number of methoxy groups -OCH3 is 1. The molecule has 2 rings (SSSR count). The number of amides is 1. The number of carbonyl (C=O) groups excluding carboxylic acids is 1. The fraction of sp³-hybridized carbons (Fsp3) is 0.300. The maximum absolute atomic E-state index is 13.6. The molecule has 0 atom stereocenters. The predicted molar refractivity (Wildman–Crippen MR) is 108 cm³/mol. The molecule has 150 valence electrons. The summed E-state index contributed by atoms with van der Waals surface area (Å²) in [5, 5.41) is 8.88. The van der Waals surface area contributed by atoms with Crippen LogP contribution in [0.2, 0.25) is 0 Å². The van der Waals surface area contributed by atoms with Crippen LogP contribution in [-0.2, 0) is 0 Å². The van der Waals surface area contributed by atoms with E-state index in [1.165, 1.54) is 12.1 Å².